The van der Waals surface area contributed by atoms with Crippen molar-refractivity contribution >= 4 is 34.6 Å². The zero-order chi connectivity index (χ0) is 12.9. The van der Waals surface area contributed by atoms with E-state index in [0.717, 1.165) is 0 Å². The van der Waals surface area contributed by atoms with Gasteiger partial charge in [-0.15, -0.1) is 0 Å². The third kappa shape index (κ3) is 14.5. The third-order valence-electron chi connectivity index (χ3n) is 1.14. The number of carbonyl (C=O) groups excluding carboxylic acids is 2. The van der Waals surface area contributed by atoms with Crippen LogP contribution in [0.3, 0.4) is 0 Å². The molecule has 0 unspecified atom stereocenters. The molecular formula is C12H14O3S2. The van der Waals surface area contributed by atoms with Gasteiger partial charge >= 0.3 is 11.9 Å². The van der Waals surface area contributed by atoms with Crippen LogP contribution in [0.25, 0.3) is 0 Å². The van der Waals surface area contributed by atoms with E-state index in [1.807, 2.05) is 45.8 Å². The molecule has 0 aliphatic rings. The molecular weight excluding hydrogens is 256 g/mol. The van der Waals surface area contributed by atoms with E-state index >= 15 is 0 Å². The van der Waals surface area contributed by atoms with Crippen LogP contribution in [0.4, 0.5) is 0 Å². The lowest BCUT2D eigenvalue weighted by Gasteiger charge is -1.87. The second kappa shape index (κ2) is 11.0. The monoisotopic (exact) mass is 270 g/mol. The number of rotatable bonds is 0. The summed E-state index contributed by atoms with van der Waals surface area (Å²) in [6, 6.07) is 8.07. The summed E-state index contributed by atoms with van der Waals surface area (Å²) >= 11 is 3.43. The molecule has 0 aromatic carbocycles. The van der Waals surface area contributed by atoms with Crippen LogP contribution in [-0.2, 0) is 14.3 Å². The van der Waals surface area contributed by atoms with Crippen molar-refractivity contribution in [3.63, 3.8) is 0 Å². The highest BCUT2D eigenvalue weighted by atomic mass is 32.1. The Labute approximate surface area is 109 Å². The maximum absolute atomic E-state index is 9.81. The van der Waals surface area contributed by atoms with Crippen molar-refractivity contribution in [2.45, 2.75) is 13.8 Å². The molecule has 0 fully saturated rings. The van der Waals surface area contributed by atoms with Gasteiger partial charge in [0.25, 0.3) is 0 Å². The summed E-state index contributed by atoms with van der Waals surface area (Å²) in [5.41, 5.74) is 0. The van der Waals surface area contributed by atoms with E-state index in [2.05, 4.69) is 4.74 Å². The molecule has 0 saturated carbocycles. The molecule has 3 nitrogen and oxygen atoms in total. The smallest absolute Gasteiger partial charge is 0.310 e. The van der Waals surface area contributed by atoms with Crippen molar-refractivity contribution in [3.05, 3.63) is 45.8 Å². The first-order valence-electron chi connectivity index (χ1n) is 4.76. The zero-order valence-corrected chi connectivity index (χ0v) is 11.3. The fourth-order valence-electron chi connectivity index (χ4n) is 0.656. The maximum atomic E-state index is 9.81. The summed E-state index contributed by atoms with van der Waals surface area (Å²) in [6.07, 6.45) is 0. The molecule has 0 atom stereocenters. The predicted octanol–water partition coefficient (Wildman–Crippen LogP) is 3.59. The Morgan fingerprint density at radius 2 is 1.06 bits per heavy atom. The zero-order valence-electron chi connectivity index (χ0n) is 9.66. The van der Waals surface area contributed by atoms with Gasteiger partial charge in [-0.1, -0.05) is 24.3 Å². The number of hydrogen-bond acceptors (Lipinski definition) is 5. The van der Waals surface area contributed by atoms with Gasteiger partial charge in [-0.2, -0.15) is 22.7 Å². The summed E-state index contributed by atoms with van der Waals surface area (Å²) in [6.45, 7) is 2.36. The van der Waals surface area contributed by atoms with Gasteiger partial charge in [0, 0.05) is 13.8 Å². The van der Waals surface area contributed by atoms with Crippen LogP contribution < -0.4 is 0 Å². The molecule has 17 heavy (non-hydrogen) atoms. The Balaban J connectivity index is 0.000000229. The summed E-state index contributed by atoms with van der Waals surface area (Å²) in [7, 11) is 0. The van der Waals surface area contributed by atoms with Crippen molar-refractivity contribution < 1.29 is 14.3 Å². The average Bonchev–Trinajstić information content (AvgIpc) is 2.96. The largest absolute Gasteiger partial charge is 0.394 e. The number of esters is 2. The van der Waals surface area contributed by atoms with Crippen LogP contribution in [0.5, 0.6) is 0 Å². The minimum absolute atomic E-state index is 0.562. The van der Waals surface area contributed by atoms with Gasteiger partial charge in [0.2, 0.25) is 0 Å². The molecule has 2 aromatic rings. The van der Waals surface area contributed by atoms with E-state index in [9.17, 15) is 9.59 Å². The first-order valence-corrected chi connectivity index (χ1v) is 6.64. The number of ether oxygens (including phenoxy) is 1. The third-order valence-corrected chi connectivity index (χ3v) is 2.40. The molecule has 0 aliphatic carbocycles. The van der Waals surface area contributed by atoms with Crippen molar-refractivity contribution in [1.29, 1.82) is 0 Å². The number of carbonyl (C=O) groups is 2. The highest BCUT2D eigenvalue weighted by Crippen LogP contribution is 1.92. The summed E-state index contributed by atoms with van der Waals surface area (Å²) in [5, 5.41) is 8.17. The highest BCUT2D eigenvalue weighted by Gasteiger charge is 1.93. The quantitative estimate of drug-likeness (QED) is 0.542. The van der Waals surface area contributed by atoms with Gasteiger partial charge < -0.3 is 4.74 Å². The second-order valence-corrected chi connectivity index (χ2v) is 4.30. The molecule has 0 N–H and O–H groups in total. The molecule has 2 rings (SSSR count). The van der Waals surface area contributed by atoms with Gasteiger partial charge in [-0.25, -0.2) is 0 Å². The lowest BCUT2D eigenvalue weighted by atomic mass is 10.7. The Morgan fingerprint density at radius 1 is 0.765 bits per heavy atom. The lowest BCUT2D eigenvalue weighted by Crippen LogP contribution is -2.03. The van der Waals surface area contributed by atoms with Crippen molar-refractivity contribution in [2.24, 2.45) is 0 Å². The topological polar surface area (TPSA) is 43.4 Å². The molecule has 2 aromatic heterocycles. The standard InChI is InChI=1S/C4H6O3.2C4H4S/c1-3(5)7-4(2)6;2*1-2-4-5-3-1/h1-2H3;2*1-4H. The first kappa shape index (κ1) is 15.5. The second-order valence-electron chi connectivity index (χ2n) is 2.67. The van der Waals surface area contributed by atoms with Crippen LogP contribution in [0, 0.1) is 0 Å². The van der Waals surface area contributed by atoms with Crippen molar-refractivity contribution in [1.82, 2.24) is 0 Å². The Morgan fingerprint density at radius 3 is 1.12 bits per heavy atom. The van der Waals surface area contributed by atoms with E-state index in [1.165, 1.54) is 13.8 Å². The summed E-state index contributed by atoms with van der Waals surface area (Å²) in [4.78, 5) is 19.6. The van der Waals surface area contributed by atoms with Crippen LogP contribution >= 0.6 is 22.7 Å². The molecule has 0 radical (unpaired) electrons. The van der Waals surface area contributed by atoms with E-state index in [0.29, 0.717) is 0 Å². The van der Waals surface area contributed by atoms with Crippen LogP contribution in [0.15, 0.2) is 45.8 Å². The van der Waals surface area contributed by atoms with Gasteiger partial charge in [0.1, 0.15) is 0 Å². The van der Waals surface area contributed by atoms with E-state index in [1.54, 1.807) is 22.7 Å². The minimum atomic E-state index is -0.562. The molecule has 0 amide bonds. The van der Waals surface area contributed by atoms with Crippen LogP contribution in [-0.4, -0.2) is 11.9 Å². The lowest BCUT2D eigenvalue weighted by molar-refractivity contribution is -0.156. The first-order chi connectivity index (χ1) is 8.13. The molecule has 92 valence electrons. The minimum Gasteiger partial charge on any atom is -0.394 e. The van der Waals surface area contributed by atoms with Gasteiger partial charge in [-0.05, 0) is 21.5 Å². The molecule has 0 bridgehead atoms. The predicted molar refractivity (Wildman–Crippen MR) is 71.1 cm³/mol. The van der Waals surface area contributed by atoms with Crippen LogP contribution in [0.1, 0.15) is 13.8 Å². The summed E-state index contributed by atoms with van der Waals surface area (Å²) in [5.74, 6) is -1.12. The van der Waals surface area contributed by atoms with E-state index in [4.69, 9.17) is 0 Å². The average molecular weight is 270 g/mol. The summed E-state index contributed by atoms with van der Waals surface area (Å²) < 4.78 is 3.97. The Bertz CT molecular complexity index is 307. The van der Waals surface area contributed by atoms with Gasteiger partial charge in [-0.3, -0.25) is 9.59 Å². The fourth-order valence-corrected chi connectivity index (χ4v) is 1.56. The normalized spacial score (nSPS) is 7.88. The molecule has 0 aliphatic heterocycles. The molecule has 5 heteroatoms. The SMILES string of the molecule is CC(=O)OC(C)=O.c1ccsc1.c1ccsc1. The molecule has 2 heterocycles. The highest BCUT2D eigenvalue weighted by molar-refractivity contribution is 7.08. The van der Waals surface area contributed by atoms with E-state index in [-0.39, 0.29) is 0 Å². The number of thiophene rings is 2. The maximum Gasteiger partial charge on any atom is 0.310 e. The van der Waals surface area contributed by atoms with E-state index < -0.39 is 11.9 Å². The molecule has 0 saturated heterocycles. The Kier molecular flexibility index (Phi) is 10.1. The van der Waals surface area contributed by atoms with Crippen LogP contribution in [0.2, 0.25) is 0 Å². The van der Waals surface area contributed by atoms with Crippen molar-refractivity contribution in [2.75, 3.05) is 0 Å². The van der Waals surface area contributed by atoms with Crippen molar-refractivity contribution in [3.8, 4) is 0 Å². The van der Waals surface area contributed by atoms with Gasteiger partial charge in [0.05, 0.1) is 0 Å². The fraction of sp³-hybridized carbons (Fsp3) is 0.167. The van der Waals surface area contributed by atoms with Gasteiger partial charge in [0.15, 0.2) is 0 Å². The number of hydrogen-bond donors (Lipinski definition) is 0. The molecule has 0 spiro atoms. The Hall–Kier alpha value is -1.46.